The summed E-state index contributed by atoms with van der Waals surface area (Å²) in [5.74, 6) is -0.176. The zero-order valence-corrected chi connectivity index (χ0v) is 18.8. The molecule has 0 saturated heterocycles. The molecule has 0 aromatic carbocycles. The van der Waals surface area contributed by atoms with Crippen molar-refractivity contribution < 1.29 is 4.79 Å². The first-order chi connectivity index (χ1) is 15.1. The van der Waals surface area contributed by atoms with Crippen molar-refractivity contribution in [1.29, 1.82) is 0 Å². The Bertz CT molecular complexity index is 1170. The number of nitrogens with one attached hydrogen (secondary N) is 1. The Morgan fingerprint density at radius 2 is 1.97 bits per heavy atom. The van der Waals surface area contributed by atoms with Crippen LogP contribution in [-0.2, 0) is 0 Å². The van der Waals surface area contributed by atoms with E-state index in [4.69, 9.17) is 4.98 Å². The minimum Gasteiger partial charge on any atom is -0.349 e. The molecule has 4 aromatic rings. The normalized spacial score (nSPS) is 12.4. The molecule has 4 rings (SSSR count). The Labute approximate surface area is 185 Å². The van der Waals surface area contributed by atoms with Crippen LogP contribution in [0.5, 0.6) is 0 Å². The summed E-state index contributed by atoms with van der Waals surface area (Å²) in [6.07, 6.45) is 3.64. The first-order valence-corrected chi connectivity index (χ1v) is 11.4. The van der Waals surface area contributed by atoms with Crippen LogP contribution in [0.1, 0.15) is 31.3 Å². The summed E-state index contributed by atoms with van der Waals surface area (Å²) >= 11 is 1.64. The zero-order chi connectivity index (χ0) is 21.8. The van der Waals surface area contributed by atoms with Gasteiger partial charge in [-0.25, -0.2) is 14.5 Å². The van der Waals surface area contributed by atoms with Crippen molar-refractivity contribution in [3.63, 3.8) is 0 Å². The molecule has 1 atom stereocenters. The number of carbonyl (C=O) groups is 1. The number of hydrogen-bond donors (Lipinski definition) is 1. The van der Waals surface area contributed by atoms with E-state index >= 15 is 0 Å². The van der Waals surface area contributed by atoms with Gasteiger partial charge in [-0.3, -0.25) is 9.69 Å². The number of aromatic nitrogens is 4. The van der Waals surface area contributed by atoms with Crippen LogP contribution in [-0.4, -0.2) is 56.1 Å². The van der Waals surface area contributed by atoms with E-state index < -0.39 is 0 Å². The summed E-state index contributed by atoms with van der Waals surface area (Å²) in [4.78, 5) is 25.5. The average Bonchev–Trinajstić information content (AvgIpc) is 3.48. The van der Waals surface area contributed by atoms with E-state index in [9.17, 15) is 4.79 Å². The van der Waals surface area contributed by atoms with Crippen LogP contribution in [0.25, 0.3) is 27.5 Å². The van der Waals surface area contributed by atoms with E-state index in [0.29, 0.717) is 23.6 Å². The van der Waals surface area contributed by atoms with Crippen molar-refractivity contribution in [2.24, 2.45) is 0 Å². The lowest BCUT2D eigenvalue weighted by atomic mass is 10.2. The molecule has 0 saturated carbocycles. The molecular formula is C23H26N6OS. The number of fused-ring (bicyclic) bond motifs is 1. The molecule has 0 bridgehead atoms. The van der Waals surface area contributed by atoms with E-state index in [2.05, 4.69) is 41.1 Å². The summed E-state index contributed by atoms with van der Waals surface area (Å²) in [5.41, 5.74) is 3.47. The number of hydrogen-bond acceptors (Lipinski definition) is 6. The second-order valence-corrected chi connectivity index (χ2v) is 8.25. The van der Waals surface area contributed by atoms with E-state index in [1.807, 2.05) is 41.9 Å². The fraction of sp³-hybridized carbons (Fsp3) is 0.304. The summed E-state index contributed by atoms with van der Waals surface area (Å²) in [7, 11) is 0. The minimum atomic E-state index is -0.176. The Kier molecular flexibility index (Phi) is 6.39. The Balaban J connectivity index is 1.57. The molecule has 7 nitrogen and oxygen atoms in total. The second-order valence-electron chi connectivity index (χ2n) is 7.30. The van der Waals surface area contributed by atoms with Crippen LogP contribution >= 0.6 is 11.3 Å². The van der Waals surface area contributed by atoms with Gasteiger partial charge in [0.1, 0.15) is 5.69 Å². The van der Waals surface area contributed by atoms with Gasteiger partial charge in [-0.15, -0.1) is 11.3 Å². The predicted molar refractivity (Wildman–Crippen MR) is 124 cm³/mol. The number of pyridine rings is 1. The van der Waals surface area contributed by atoms with Crippen molar-refractivity contribution in [2.45, 2.75) is 26.8 Å². The molecule has 0 aliphatic heterocycles. The Morgan fingerprint density at radius 1 is 1.13 bits per heavy atom. The van der Waals surface area contributed by atoms with Crippen molar-refractivity contribution in [3.05, 3.63) is 59.9 Å². The van der Waals surface area contributed by atoms with Gasteiger partial charge in [0.25, 0.3) is 5.91 Å². The molecule has 8 heteroatoms. The molecule has 0 radical (unpaired) electrons. The van der Waals surface area contributed by atoms with E-state index in [0.717, 1.165) is 29.2 Å². The molecule has 1 unspecified atom stereocenters. The van der Waals surface area contributed by atoms with Gasteiger partial charge in [0, 0.05) is 18.8 Å². The smallest absolute Gasteiger partial charge is 0.269 e. The van der Waals surface area contributed by atoms with E-state index in [1.165, 1.54) is 0 Å². The molecule has 4 aromatic heterocycles. The average molecular weight is 435 g/mol. The van der Waals surface area contributed by atoms with Gasteiger partial charge in [-0.1, -0.05) is 26.0 Å². The minimum absolute atomic E-state index is 0.176. The zero-order valence-electron chi connectivity index (χ0n) is 17.9. The molecule has 1 amide bonds. The molecule has 0 aliphatic carbocycles. The highest BCUT2D eigenvalue weighted by Crippen LogP contribution is 2.26. The number of thiophene rings is 1. The lowest BCUT2D eigenvalue weighted by molar-refractivity contribution is 0.0933. The van der Waals surface area contributed by atoms with Gasteiger partial charge in [0.15, 0.2) is 5.65 Å². The van der Waals surface area contributed by atoms with Crippen LogP contribution < -0.4 is 5.32 Å². The lowest BCUT2D eigenvalue weighted by Gasteiger charge is -2.26. The second kappa shape index (κ2) is 9.36. The highest BCUT2D eigenvalue weighted by Gasteiger charge is 2.16. The third-order valence-electron chi connectivity index (χ3n) is 5.39. The first kappa shape index (κ1) is 21.1. The Morgan fingerprint density at radius 3 is 2.71 bits per heavy atom. The summed E-state index contributed by atoms with van der Waals surface area (Å²) in [5, 5.41) is 9.44. The van der Waals surface area contributed by atoms with Crippen LogP contribution in [0.4, 0.5) is 0 Å². The standard InChI is InChI=1S/C23H26N6OS/c1-4-28(5-2)16(3)14-24-23(30)20-9-6-8-18(26-20)17-15-25-29-12-11-19(27-22(17)29)21-10-7-13-31-21/h6-13,15-16H,4-5,14H2,1-3H3,(H,24,30). The van der Waals surface area contributed by atoms with Gasteiger partial charge in [0.2, 0.25) is 0 Å². The maximum Gasteiger partial charge on any atom is 0.269 e. The van der Waals surface area contributed by atoms with Crippen LogP contribution in [0, 0.1) is 0 Å². The first-order valence-electron chi connectivity index (χ1n) is 10.5. The van der Waals surface area contributed by atoms with Gasteiger partial charge >= 0.3 is 0 Å². The maximum absolute atomic E-state index is 12.7. The molecule has 0 aliphatic rings. The van der Waals surface area contributed by atoms with E-state index in [-0.39, 0.29) is 11.9 Å². The number of nitrogens with zero attached hydrogens (tertiary/aromatic N) is 5. The van der Waals surface area contributed by atoms with Gasteiger partial charge in [0.05, 0.1) is 28.0 Å². The molecular weight excluding hydrogens is 408 g/mol. The molecule has 0 spiro atoms. The molecule has 1 N–H and O–H groups in total. The number of likely N-dealkylation sites (N-methyl/N-ethyl adjacent to an activating group) is 1. The van der Waals surface area contributed by atoms with Crippen LogP contribution in [0.3, 0.4) is 0 Å². The fourth-order valence-corrected chi connectivity index (χ4v) is 4.32. The molecule has 4 heterocycles. The largest absolute Gasteiger partial charge is 0.349 e. The van der Waals surface area contributed by atoms with Crippen LogP contribution in [0.15, 0.2) is 54.2 Å². The highest BCUT2D eigenvalue weighted by atomic mass is 32.1. The molecule has 0 fully saturated rings. The molecule has 31 heavy (non-hydrogen) atoms. The predicted octanol–water partition coefficient (Wildman–Crippen LogP) is 3.98. The Hall–Kier alpha value is -3.10. The third-order valence-corrected chi connectivity index (χ3v) is 6.29. The lowest BCUT2D eigenvalue weighted by Crippen LogP contribution is -2.42. The SMILES string of the molecule is CCN(CC)C(C)CNC(=O)c1cccc(-c2cnn3ccc(-c4cccs4)nc23)n1. The third kappa shape index (κ3) is 4.50. The monoisotopic (exact) mass is 434 g/mol. The van der Waals surface area contributed by atoms with Crippen molar-refractivity contribution >= 4 is 22.9 Å². The summed E-state index contributed by atoms with van der Waals surface area (Å²) < 4.78 is 1.73. The van der Waals surface area contributed by atoms with Crippen molar-refractivity contribution in [2.75, 3.05) is 19.6 Å². The topological polar surface area (TPSA) is 75.4 Å². The highest BCUT2D eigenvalue weighted by molar-refractivity contribution is 7.13. The van der Waals surface area contributed by atoms with Gasteiger partial charge in [-0.2, -0.15) is 5.10 Å². The number of amides is 1. The van der Waals surface area contributed by atoms with Crippen molar-refractivity contribution in [1.82, 2.24) is 29.8 Å². The summed E-state index contributed by atoms with van der Waals surface area (Å²) in [6, 6.07) is 11.7. The molecule has 160 valence electrons. The quantitative estimate of drug-likeness (QED) is 0.454. The van der Waals surface area contributed by atoms with Gasteiger partial charge < -0.3 is 5.32 Å². The van der Waals surface area contributed by atoms with E-state index in [1.54, 1.807) is 28.1 Å². The maximum atomic E-state index is 12.7. The van der Waals surface area contributed by atoms with Crippen LogP contribution in [0.2, 0.25) is 0 Å². The van der Waals surface area contributed by atoms with Gasteiger partial charge in [-0.05, 0) is 49.7 Å². The van der Waals surface area contributed by atoms with Crippen molar-refractivity contribution in [3.8, 4) is 21.8 Å². The number of carbonyl (C=O) groups excluding carboxylic acids is 1. The fourth-order valence-electron chi connectivity index (χ4n) is 3.63. The summed E-state index contributed by atoms with van der Waals surface area (Å²) in [6.45, 7) is 8.86. The number of rotatable bonds is 8.